The molecule has 0 fully saturated rings. The Morgan fingerprint density at radius 1 is 1.24 bits per heavy atom. The molecule has 0 radical (unpaired) electrons. The highest BCUT2D eigenvalue weighted by atomic mass is 16.5. The van der Waals surface area contributed by atoms with Crippen molar-refractivity contribution in [3.8, 4) is 5.75 Å². The van der Waals surface area contributed by atoms with Gasteiger partial charge in [-0.15, -0.1) is 0 Å². The van der Waals surface area contributed by atoms with Gasteiger partial charge in [-0.3, -0.25) is 0 Å². The smallest absolute Gasteiger partial charge is 0.128 e. The molecule has 2 atom stereocenters. The van der Waals surface area contributed by atoms with Crippen molar-refractivity contribution < 1.29 is 14.6 Å². The highest BCUT2D eigenvalue weighted by molar-refractivity contribution is 5.48. The van der Waals surface area contributed by atoms with E-state index in [0.717, 1.165) is 22.4 Å². The van der Waals surface area contributed by atoms with Crippen molar-refractivity contribution in [2.45, 2.75) is 39.4 Å². The molecule has 17 heavy (non-hydrogen) atoms. The highest BCUT2D eigenvalue weighted by Crippen LogP contribution is 2.36. The van der Waals surface area contributed by atoms with Gasteiger partial charge in [-0.05, 0) is 38.8 Å². The average molecular weight is 238 g/mol. The van der Waals surface area contributed by atoms with E-state index in [2.05, 4.69) is 0 Å². The number of hydrogen-bond donors (Lipinski definition) is 1. The lowest BCUT2D eigenvalue weighted by Crippen LogP contribution is -2.36. The normalized spacial score (nSPS) is 16.4. The zero-order valence-corrected chi connectivity index (χ0v) is 11.5. The van der Waals surface area contributed by atoms with Crippen LogP contribution in [0.25, 0.3) is 0 Å². The highest BCUT2D eigenvalue weighted by Gasteiger charge is 2.34. The maximum atomic E-state index is 10.6. The number of aryl methyl sites for hydroxylation is 1. The number of hydrogen-bond acceptors (Lipinski definition) is 3. The molecule has 1 rings (SSSR count). The molecule has 0 heterocycles. The van der Waals surface area contributed by atoms with Crippen LogP contribution in [0.1, 0.15) is 30.5 Å². The molecule has 0 spiro atoms. The van der Waals surface area contributed by atoms with Gasteiger partial charge < -0.3 is 14.6 Å². The molecule has 0 aromatic heterocycles. The molecule has 1 N–H and O–H groups in total. The van der Waals surface area contributed by atoms with Gasteiger partial charge in [0.05, 0.1) is 13.2 Å². The third kappa shape index (κ3) is 2.45. The van der Waals surface area contributed by atoms with Crippen molar-refractivity contribution in [2.24, 2.45) is 0 Å². The van der Waals surface area contributed by atoms with Gasteiger partial charge in [0.2, 0.25) is 0 Å². The van der Waals surface area contributed by atoms with E-state index in [1.807, 2.05) is 32.9 Å². The van der Waals surface area contributed by atoms with Crippen molar-refractivity contribution >= 4 is 0 Å². The maximum absolute atomic E-state index is 10.6. The second kappa shape index (κ2) is 5.07. The van der Waals surface area contributed by atoms with Crippen LogP contribution in [-0.4, -0.2) is 25.4 Å². The lowest BCUT2D eigenvalue weighted by molar-refractivity contribution is -0.0782. The van der Waals surface area contributed by atoms with Crippen LogP contribution in [0.3, 0.4) is 0 Å². The van der Waals surface area contributed by atoms with Gasteiger partial charge in [-0.2, -0.15) is 0 Å². The zero-order valence-electron chi connectivity index (χ0n) is 11.5. The molecule has 0 aliphatic carbocycles. The number of methoxy groups -OCH3 is 2. The Labute approximate surface area is 103 Å². The van der Waals surface area contributed by atoms with E-state index in [1.165, 1.54) is 0 Å². The van der Waals surface area contributed by atoms with E-state index in [1.54, 1.807) is 21.1 Å². The molecule has 0 saturated carbocycles. The Kier molecular flexibility index (Phi) is 4.17. The van der Waals surface area contributed by atoms with Crippen molar-refractivity contribution in [2.75, 3.05) is 14.2 Å². The van der Waals surface area contributed by atoms with E-state index < -0.39 is 5.60 Å². The molecular formula is C14H22O3. The summed E-state index contributed by atoms with van der Waals surface area (Å²) >= 11 is 0. The fourth-order valence-electron chi connectivity index (χ4n) is 1.90. The summed E-state index contributed by atoms with van der Waals surface area (Å²) in [5, 5.41) is 10.6. The van der Waals surface area contributed by atoms with Crippen LogP contribution in [0.4, 0.5) is 0 Å². The minimum atomic E-state index is -1.07. The van der Waals surface area contributed by atoms with E-state index in [9.17, 15) is 5.11 Å². The van der Waals surface area contributed by atoms with Crippen LogP contribution in [0.15, 0.2) is 12.1 Å². The molecule has 0 aliphatic rings. The minimum absolute atomic E-state index is 0.307. The van der Waals surface area contributed by atoms with Crippen LogP contribution in [0.2, 0.25) is 0 Å². The average Bonchev–Trinajstić information content (AvgIpc) is 2.30. The molecule has 2 unspecified atom stereocenters. The van der Waals surface area contributed by atoms with E-state index in [-0.39, 0.29) is 6.10 Å². The topological polar surface area (TPSA) is 38.7 Å². The summed E-state index contributed by atoms with van der Waals surface area (Å²) < 4.78 is 10.7. The summed E-state index contributed by atoms with van der Waals surface area (Å²) in [6, 6.07) is 3.89. The third-order valence-corrected chi connectivity index (χ3v) is 3.57. The Balaban J connectivity index is 3.36. The fourth-order valence-corrected chi connectivity index (χ4v) is 1.90. The van der Waals surface area contributed by atoms with Crippen molar-refractivity contribution in [1.82, 2.24) is 0 Å². The summed E-state index contributed by atoms with van der Waals surface area (Å²) in [4.78, 5) is 0. The van der Waals surface area contributed by atoms with Crippen molar-refractivity contribution in [3.05, 3.63) is 28.8 Å². The van der Waals surface area contributed by atoms with Crippen molar-refractivity contribution in [3.63, 3.8) is 0 Å². The van der Waals surface area contributed by atoms with Crippen LogP contribution in [-0.2, 0) is 10.3 Å². The number of rotatable bonds is 4. The molecule has 96 valence electrons. The second-order valence-corrected chi connectivity index (χ2v) is 4.61. The zero-order chi connectivity index (χ0) is 13.2. The van der Waals surface area contributed by atoms with Crippen LogP contribution in [0.5, 0.6) is 5.75 Å². The predicted octanol–water partition coefficient (Wildman–Crippen LogP) is 2.55. The standard InChI is InChI=1S/C14H22O3/c1-9-7-8-12(13(17-6)10(9)2)14(4,15)11(3)16-5/h7-8,11,15H,1-6H3. The van der Waals surface area contributed by atoms with Crippen molar-refractivity contribution in [1.29, 1.82) is 0 Å². The van der Waals surface area contributed by atoms with E-state index in [0.29, 0.717) is 0 Å². The molecular weight excluding hydrogens is 216 g/mol. The Morgan fingerprint density at radius 3 is 2.29 bits per heavy atom. The van der Waals surface area contributed by atoms with Crippen LogP contribution in [0, 0.1) is 13.8 Å². The van der Waals surface area contributed by atoms with E-state index in [4.69, 9.17) is 9.47 Å². The molecule has 3 heteroatoms. The van der Waals surface area contributed by atoms with Gasteiger partial charge in [0.15, 0.2) is 0 Å². The fraction of sp³-hybridized carbons (Fsp3) is 0.571. The lowest BCUT2D eigenvalue weighted by Gasteiger charge is -2.31. The lowest BCUT2D eigenvalue weighted by atomic mass is 9.87. The Hall–Kier alpha value is -1.06. The largest absolute Gasteiger partial charge is 0.496 e. The maximum Gasteiger partial charge on any atom is 0.128 e. The summed E-state index contributed by atoms with van der Waals surface area (Å²) in [6.07, 6.45) is -0.307. The van der Waals surface area contributed by atoms with Gasteiger partial charge in [0, 0.05) is 12.7 Å². The molecule has 1 aromatic carbocycles. The summed E-state index contributed by atoms with van der Waals surface area (Å²) in [5.41, 5.74) is 1.89. The quantitative estimate of drug-likeness (QED) is 0.876. The molecule has 0 amide bonds. The predicted molar refractivity (Wildman–Crippen MR) is 68.5 cm³/mol. The molecule has 0 aliphatic heterocycles. The second-order valence-electron chi connectivity index (χ2n) is 4.61. The molecule has 0 saturated heterocycles. The minimum Gasteiger partial charge on any atom is -0.496 e. The SMILES string of the molecule is COc1c(C(C)(O)C(C)OC)ccc(C)c1C. The summed E-state index contributed by atoms with van der Waals surface area (Å²) in [7, 11) is 3.21. The Morgan fingerprint density at radius 2 is 1.82 bits per heavy atom. The summed E-state index contributed by atoms with van der Waals surface area (Å²) in [5.74, 6) is 0.735. The van der Waals surface area contributed by atoms with Gasteiger partial charge >= 0.3 is 0 Å². The first-order valence-corrected chi connectivity index (χ1v) is 5.76. The Bertz CT molecular complexity index is 397. The van der Waals surface area contributed by atoms with Gasteiger partial charge in [-0.25, -0.2) is 0 Å². The first-order chi connectivity index (χ1) is 7.86. The summed E-state index contributed by atoms with van der Waals surface area (Å²) in [6.45, 7) is 7.60. The molecule has 3 nitrogen and oxygen atoms in total. The monoisotopic (exact) mass is 238 g/mol. The molecule has 0 bridgehead atoms. The van der Waals surface area contributed by atoms with Gasteiger partial charge in [0.25, 0.3) is 0 Å². The molecule has 1 aromatic rings. The first-order valence-electron chi connectivity index (χ1n) is 5.76. The van der Waals surface area contributed by atoms with Gasteiger partial charge in [-0.1, -0.05) is 12.1 Å². The number of aliphatic hydroxyl groups is 1. The van der Waals surface area contributed by atoms with Gasteiger partial charge in [0.1, 0.15) is 11.4 Å². The first kappa shape index (κ1) is 14.0. The van der Waals surface area contributed by atoms with Crippen LogP contribution < -0.4 is 4.74 Å². The number of benzene rings is 1. The third-order valence-electron chi connectivity index (χ3n) is 3.57. The van der Waals surface area contributed by atoms with Crippen LogP contribution >= 0.6 is 0 Å². The number of ether oxygens (including phenoxy) is 2. The van der Waals surface area contributed by atoms with E-state index >= 15 is 0 Å².